The molecule has 32 heavy (non-hydrogen) atoms. The molecular weight excluding hydrogens is 466 g/mol. The molecule has 0 saturated carbocycles. The predicted octanol–water partition coefficient (Wildman–Crippen LogP) is 2.82. The molecule has 4 rings (SSSR count). The molecule has 3 aromatic rings. The zero-order chi connectivity index (χ0) is 22.7. The number of morpholine rings is 1. The number of nitrogens with zero attached hydrogens (tertiary/aromatic N) is 3. The van der Waals surface area contributed by atoms with E-state index in [1.807, 2.05) is 5.38 Å². The van der Waals surface area contributed by atoms with Gasteiger partial charge in [0.05, 0.1) is 36.0 Å². The molecule has 1 aliphatic rings. The quantitative estimate of drug-likeness (QED) is 0.466. The van der Waals surface area contributed by atoms with Crippen LogP contribution in [0.1, 0.15) is 26.5 Å². The minimum absolute atomic E-state index is 0.0281. The summed E-state index contributed by atoms with van der Waals surface area (Å²) < 4.78 is 31.9. The Hall–Kier alpha value is -3.09. The van der Waals surface area contributed by atoms with Gasteiger partial charge in [0.25, 0.3) is 11.8 Å². The fourth-order valence-electron chi connectivity index (χ4n) is 2.93. The van der Waals surface area contributed by atoms with Crippen LogP contribution in [0.15, 0.2) is 23.6 Å². The van der Waals surface area contributed by atoms with Gasteiger partial charge in [0, 0.05) is 24.5 Å². The third-order valence-electron chi connectivity index (χ3n) is 4.56. The first-order valence-electron chi connectivity index (χ1n) is 9.47. The Balaban J connectivity index is 1.33. The number of rotatable bonds is 6. The minimum Gasteiger partial charge on any atom is -0.378 e. The number of hydrogen-bond acceptors (Lipinski definition) is 7. The van der Waals surface area contributed by atoms with Crippen LogP contribution in [0.2, 0.25) is 5.02 Å². The number of carbonyl (C=O) groups is 2. The second-order valence-electron chi connectivity index (χ2n) is 6.77. The van der Waals surface area contributed by atoms with Gasteiger partial charge < -0.3 is 20.3 Å². The van der Waals surface area contributed by atoms with Crippen LogP contribution < -0.4 is 15.5 Å². The lowest BCUT2D eigenvalue weighted by atomic mass is 10.2. The van der Waals surface area contributed by atoms with Gasteiger partial charge in [-0.15, -0.1) is 11.3 Å². The van der Waals surface area contributed by atoms with Crippen LogP contribution in [0.4, 0.5) is 19.7 Å². The first-order valence-corrected chi connectivity index (χ1v) is 10.7. The normalized spacial score (nSPS) is 13.8. The lowest BCUT2D eigenvalue weighted by Crippen LogP contribution is -2.36. The Morgan fingerprint density at radius 2 is 1.94 bits per heavy atom. The number of aromatic amines is 1. The zero-order valence-electron chi connectivity index (χ0n) is 16.5. The summed E-state index contributed by atoms with van der Waals surface area (Å²) in [5.74, 6) is -3.55. The van der Waals surface area contributed by atoms with Crippen molar-refractivity contribution < 1.29 is 23.1 Å². The fourth-order valence-corrected chi connectivity index (χ4v) is 4.04. The van der Waals surface area contributed by atoms with Crippen molar-refractivity contribution in [1.82, 2.24) is 20.5 Å². The van der Waals surface area contributed by atoms with Crippen LogP contribution in [0.3, 0.4) is 0 Å². The SMILES string of the molecule is O=C(NCc1csc(N2CCOCC2)n1)c1cc(NC(=O)c2cc(F)c(F)cc2Cl)[nH]n1. The van der Waals surface area contributed by atoms with E-state index < -0.39 is 23.4 Å². The fraction of sp³-hybridized carbons (Fsp3) is 0.263. The molecule has 0 aliphatic carbocycles. The van der Waals surface area contributed by atoms with Gasteiger partial charge in [-0.25, -0.2) is 13.8 Å². The van der Waals surface area contributed by atoms with E-state index in [0.29, 0.717) is 31.0 Å². The van der Waals surface area contributed by atoms with Gasteiger partial charge in [-0.05, 0) is 12.1 Å². The van der Waals surface area contributed by atoms with Crippen molar-refractivity contribution in [1.29, 1.82) is 0 Å². The lowest BCUT2D eigenvalue weighted by molar-refractivity contribution is 0.0944. The molecule has 0 radical (unpaired) electrons. The Labute approximate surface area is 189 Å². The van der Waals surface area contributed by atoms with E-state index in [9.17, 15) is 18.4 Å². The van der Waals surface area contributed by atoms with Crippen molar-refractivity contribution in [3.05, 3.63) is 57.2 Å². The first kappa shape index (κ1) is 22.1. The van der Waals surface area contributed by atoms with Crippen molar-refractivity contribution in [2.24, 2.45) is 0 Å². The topological polar surface area (TPSA) is 112 Å². The third kappa shape index (κ3) is 5.03. The van der Waals surface area contributed by atoms with Gasteiger partial charge >= 0.3 is 0 Å². The Kier molecular flexibility index (Phi) is 6.63. The molecule has 0 unspecified atom stereocenters. The number of thiazole rings is 1. The van der Waals surface area contributed by atoms with Gasteiger partial charge in [-0.1, -0.05) is 11.6 Å². The summed E-state index contributed by atoms with van der Waals surface area (Å²) >= 11 is 7.29. The number of aromatic nitrogens is 3. The Bertz CT molecular complexity index is 1150. The molecule has 3 heterocycles. The molecule has 2 aromatic heterocycles. The maximum absolute atomic E-state index is 13.4. The molecule has 9 nitrogen and oxygen atoms in total. The number of amides is 2. The Morgan fingerprint density at radius 3 is 2.72 bits per heavy atom. The molecule has 1 aliphatic heterocycles. The lowest BCUT2D eigenvalue weighted by Gasteiger charge is -2.26. The highest BCUT2D eigenvalue weighted by atomic mass is 35.5. The number of anilines is 2. The van der Waals surface area contributed by atoms with Gasteiger partial charge in [0.2, 0.25) is 0 Å². The molecule has 2 amide bonds. The van der Waals surface area contributed by atoms with Crippen molar-refractivity contribution in [3.63, 3.8) is 0 Å². The van der Waals surface area contributed by atoms with E-state index >= 15 is 0 Å². The molecule has 3 N–H and O–H groups in total. The molecular formula is C19H17ClF2N6O3S. The average Bonchev–Trinajstić information content (AvgIpc) is 3.45. The molecule has 168 valence electrons. The van der Waals surface area contributed by atoms with Gasteiger partial charge in [-0.2, -0.15) is 5.10 Å². The maximum Gasteiger partial charge on any atom is 0.272 e. The molecule has 0 bridgehead atoms. The number of carbonyl (C=O) groups excluding carboxylic acids is 2. The highest BCUT2D eigenvalue weighted by Gasteiger charge is 2.18. The van der Waals surface area contributed by atoms with E-state index in [1.54, 1.807) is 0 Å². The molecule has 1 fully saturated rings. The molecule has 13 heteroatoms. The van der Waals surface area contributed by atoms with Crippen LogP contribution >= 0.6 is 22.9 Å². The first-order chi connectivity index (χ1) is 15.4. The predicted molar refractivity (Wildman–Crippen MR) is 114 cm³/mol. The van der Waals surface area contributed by atoms with Gasteiger partial charge in [0.15, 0.2) is 22.5 Å². The largest absolute Gasteiger partial charge is 0.378 e. The summed E-state index contributed by atoms with van der Waals surface area (Å²) in [5, 5.41) is 13.9. The number of H-pyrrole nitrogens is 1. The van der Waals surface area contributed by atoms with Crippen LogP contribution in [-0.4, -0.2) is 53.3 Å². The van der Waals surface area contributed by atoms with Crippen molar-refractivity contribution in [3.8, 4) is 0 Å². The second kappa shape index (κ2) is 9.59. The van der Waals surface area contributed by atoms with E-state index in [2.05, 4.69) is 30.7 Å². The van der Waals surface area contributed by atoms with E-state index in [1.165, 1.54) is 17.4 Å². The van der Waals surface area contributed by atoms with Crippen molar-refractivity contribution in [2.45, 2.75) is 6.54 Å². The highest BCUT2D eigenvalue weighted by Crippen LogP contribution is 2.22. The molecule has 1 saturated heterocycles. The number of ether oxygens (including phenoxy) is 1. The number of benzene rings is 1. The smallest absolute Gasteiger partial charge is 0.272 e. The summed E-state index contributed by atoms with van der Waals surface area (Å²) in [5.41, 5.74) is 0.480. The van der Waals surface area contributed by atoms with Crippen LogP contribution in [0, 0.1) is 11.6 Å². The maximum atomic E-state index is 13.4. The molecule has 0 atom stereocenters. The number of nitrogens with one attached hydrogen (secondary N) is 3. The van der Waals surface area contributed by atoms with Crippen LogP contribution in [0.25, 0.3) is 0 Å². The average molecular weight is 483 g/mol. The second-order valence-corrected chi connectivity index (χ2v) is 8.01. The standard InChI is InChI=1S/C19H17ClF2N6O3S/c20-12-6-14(22)13(21)5-11(12)17(29)25-16-7-15(26-27-16)18(30)23-8-10-9-32-19(24-10)28-1-3-31-4-2-28/h5-7,9H,1-4,8H2,(H,23,30)(H2,25,26,27,29). The van der Waals surface area contributed by atoms with Crippen LogP contribution in [0.5, 0.6) is 0 Å². The van der Waals surface area contributed by atoms with Gasteiger partial charge in [-0.3, -0.25) is 14.7 Å². The summed E-state index contributed by atoms with van der Waals surface area (Å²) in [6.07, 6.45) is 0. The Morgan fingerprint density at radius 1 is 1.19 bits per heavy atom. The van der Waals surface area contributed by atoms with Crippen molar-refractivity contribution >= 4 is 45.7 Å². The molecule has 1 aromatic carbocycles. The number of hydrogen-bond donors (Lipinski definition) is 3. The zero-order valence-corrected chi connectivity index (χ0v) is 18.0. The van der Waals surface area contributed by atoms with E-state index in [4.69, 9.17) is 16.3 Å². The highest BCUT2D eigenvalue weighted by molar-refractivity contribution is 7.13. The number of halogens is 3. The van der Waals surface area contributed by atoms with E-state index in [0.717, 1.165) is 18.2 Å². The summed E-state index contributed by atoms with van der Waals surface area (Å²) in [4.78, 5) is 31.3. The minimum atomic E-state index is -1.21. The summed E-state index contributed by atoms with van der Waals surface area (Å²) in [7, 11) is 0. The van der Waals surface area contributed by atoms with Crippen LogP contribution in [-0.2, 0) is 11.3 Å². The summed E-state index contributed by atoms with van der Waals surface area (Å²) in [6.45, 7) is 3.07. The molecule has 0 spiro atoms. The van der Waals surface area contributed by atoms with E-state index in [-0.39, 0.29) is 28.6 Å². The van der Waals surface area contributed by atoms with Gasteiger partial charge in [0.1, 0.15) is 5.82 Å². The third-order valence-corrected chi connectivity index (χ3v) is 5.83. The summed E-state index contributed by atoms with van der Waals surface area (Å²) in [6, 6.07) is 2.71. The monoisotopic (exact) mass is 482 g/mol. The van der Waals surface area contributed by atoms with Crippen molar-refractivity contribution in [2.75, 3.05) is 36.5 Å².